The van der Waals surface area contributed by atoms with Gasteiger partial charge in [-0.25, -0.2) is 0 Å². The molecule has 4 N–H and O–H groups in total. The van der Waals surface area contributed by atoms with Gasteiger partial charge in [0.15, 0.2) is 0 Å². The first-order valence-corrected chi connectivity index (χ1v) is 4.32. The minimum Gasteiger partial charge on any atom is -0.392 e. The third-order valence-electron chi connectivity index (χ3n) is 1.92. The molecule has 0 aromatic carbocycles. The molecule has 0 aromatic rings. The van der Waals surface area contributed by atoms with Gasteiger partial charge in [0.05, 0.1) is 23.1 Å². The Kier molecular flexibility index (Phi) is 2.88. The third kappa shape index (κ3) is 1.73. The first-order valence-electron chi connectivity index (χ1n) is 3.40. The maximum atomic E-state index is 9.17. The van der Waals surface area contributed by atoms with E-state index in [9.17, 15) is 5.11 Å². The molecule has 0 aliphatic heterocycles. The van der Waals surface area contributed by atoms with Crippen LogP contribution in [0, 0.1) is 0 Å². The van der Waals surface area contributed by atoms with E-state index in [1.165, 1.54) is 0 Å². The summed E-state index contributed by atoms with van der Waals surface area (Å²) in [7, 11) is 0. The highest BCUT2D eigenvalue weighted by Gasteiger charge is 2.40. The number of aliphatic hydroxyl groups excluding tert-OH is 4. The van der Waals surface area contributed by atoms with Gasteiger partial charge < -0.3 is 20.4 Å². The third-order valence-corrected chi connectivity index (χ3v) is 3.07. The van der Waals surface area contributed by atoms with Crippen LogP contribution >= 0.6 is 15.9 Å². The Labute approximate surface area is 72.6 Å². The summed E-state index contributed by atoms with van der Waals surface area (Å²) in [5.41, 5.74) is 0. The van der Waals surface area contributed by atoms with Crippen molar-refractivity contribution in [2.45, 2.75) is 35.7 Å². The lowest BCUT2D eigenvalue weighted by Gasteiger charge is -2.35. The highest BCUT2D eigenvalue weighted by Crippen LogP contribution is 2.25. The quantitative estimate of drug-likeness (QED) is 0.383. The summed E-state index contributed by atoms with van der Waals surface area (Å²) >= 11 is 3.02. The zero-order valence-electron chi connectivity index (χ0n) is 5.76. The van der Waals surface area contributed by atoms with Gasteiger partial charge in [0, 0.05) is 6.42 Å². The molecule has 0 heterocycles. The molecule has 5 atom stereocenters. The smallest absolute Gasteiger partial charge is 0.107 e. The van der Waals surface area contributed by atoms with Crippen LogP contribution in [0.3, 0.4) is 0 Å². The molecule has 0 bridgehead atoms. The molecule has 0 aromatic heterocycles. The van der Waals surface area contributed by atoms with Crippen LogP contribution in [-0.2, 0) is 0 Å². The van der Waals surface area contributed by atoms with Gasteiger partial charge in [0.25, 0.3) is 0 Å². The van der Waals surface area contributed by atoms with E-state index in [1.54, 1.807) is 0 Å². The monoisotopic (exact) mass is 226 g/mol. The van der Waals surface area contributed by atoms with Crippen LogP contribution in [-0.4, -0.2) is 49.7 Å². The van der Waals surface area contributed by atoms with Gasteiger partial charge in [0.1, 0.15) is 6.10 Å². The van der Waals surface area contributed by atoms with Crippen molar-refractivity contribution in [2.24, 2.45) is 0 Å². The normalized spacial score (nSPS) is 52.6. The number of aliphatic hydroxyl groups is 4. The van der Waals surface area contributed by atoms with E-state index in [0.29, 0.717) is 0 Å². The molecule has 1 aliphatic rings. The molecule has 0 saturated heterocycles. The lowest BCUT2D eigenvalue weighted by Crippen LogP contribution is -2.53. The summed E-state index contributed by atoms with van der Waals surface area (Å²) in [6, 6.07) is 0. The van der Waals surface area contributed by atoms with Gasteiger partial charge in [0.2, 0.25) is 0 Å². The van der Waals surface area contributed by atoms with Crippen LogP contribution < -0.4 is 0 Å². The van der Waals surface area contributed by atoms with E-state index in [0.717, 1.165) is 0 Å². The van der Waals surface area contributed by atoms with Gasteiger partial charge in [-0.1, -0.05) is 15.9 Å². The Balaban J connectivity index is 2.63. The predicted octanol–water partition coefficient (Wildman–Crippen LogP) is -1.40. The fourth-order valence-corrected chi connectivity index (χ4v) is 1.69. The molecule has 1 fully saturated rings. The van der Waals surface area contributed by atoms with E-state index in [4.69, 9.17) is 15.3 Å². The van der Waals surface area contributed by atoms with Gasteiger partial charge in [-0.15, -0.1) is 0 Å². The van der Waals surface area contributed by atoms with Crippen molar-refractivity contribution >= 4 is 15.9 Å². The Morgan fingerprint density at radius 1 is 0.909 bits per heavy atom. The lowest BCUT2D eigenvalue weighted by atomic mass is 9.90. The lowest BCUT2D eigenvalue weighted by molar-refractivity contribution is -0.111. The van der Waals surface area contributed by atoms with Gasteiger partial charge >= 0.3 is 0 Å². The van der Waals surface area contributed by atoms with E-state index in [2.05, 4.69) is 15.9 Å². The van der Waals surface area contributed by atoms with Crippen molar-refractivity contribution in [1.29, 1.82) is 0 Å². The molecule has 0 radical (unpaired) electrons. The fourth-order valence-electron chi connectivity index (χ4n) is 1.16. The van der Waals surface area contributed by atoms with Crippen molar-refractivity contribution < 1.29 is 20.4 Å². The standard InChI is InChI=1S/C6H11BrO4/c7-4-2(8)1-3(9)5(10)6(4)11/h2-6,8-11H,1H2/t2-,3+,4+,5+,6+/m1/s1. The SMILES string of the molecule is O[C@@H]1[C@@H](O)[C@@H](O)C[C@@H](O)[C@@H]1Br. The predicted molar refractivity (Wildman–Crippen MR) is 41.4 cm³/mol. The summed E-state index contributed by atoms with van der Waals surface area (Å²) in [6.45, 7) is 0. The zero-order chi connectivity index (χ0) is 8.59. The molecule has 11 heavy (non-hydrogen) atoms. The summed E-state index contributed by atoms with van der Waals surface area (Å²) in [5, 5.41) is 36.5. The number of halogens is 1. The van der Waals surface area contributed by atoms with Crippen LogP contribution in [0.1, 0.15) is 6.42 Å². The Bertz CT molecular complexity index is 129. The largest absolute Gasteiger partial charge is 0.392 e. The molecule has 0 amide bonds. The van der Waals surface area contributed by atoms with Crippen molar-refractivity contribution in [3.63, 3.8) is 0 Å². The first-order chi connectivity index (χ1) is 5.04. The molecule has 4 nitrogen and oxygen atoms in total. The van der Waals surface area contributed by atoms with Crippen molar-refractivity contribution in [2.75, 3.05) is 0 Å². The Morgan fingerprint density at radius 2 is 1.45 bits per heavy atom. The van der Waals surface area contributed by atoms with Gasteiger partial charge in [-0.3, -0.25) is 0 Å². The van der Waals surface area contributed by atoms with Gasteiger partial charge in [-0.2, -0.15) is 0 Å². The second kappa shape index (κ2) is 3.37. The van der Waals surface area contributed by atoms with Crippen molar-refractivity contribution in [3.05, 3.63) is 0 Å². The Morgan fingerprint density at radius 3 is 2.00 bits per heavy atom. The molecule has 1 saturated carbocycles. The minimum absolute atomic E-state index is 0.0914. The highest BCUT2D eigenvalue weighted by molar-refractivity contribution is 9.09. The van der Waals surface area contributed by atoms with E-state index in [-0.39, 0.29) is 6.42 Å². The summed E-state index contributed by atoms with van der Waals surface area (Å²) in [5.74, 6) is 0. The number of rotatable bonds is 0. The molecular weight excluding hydrogens is 216 g/mol. The Hall–Kier alpha value is 0.320. The molecule has 0 unspecified atom stereocenters. The molecule has 1 rings (SSSR count). The molecule has 66 valence electrons. The van der Waals surface area contributed by atoms with Crippen molar-refractivity contribution in [1.82, 2.24) is 0 Å². The second-order valence-electron chi connectivity index (χ2n) is 2.80. The molecular formula is C6H11BrO4. The second-order valence-corrected chi connectivity index (χ2v) is 3.85. The van der Waals surface area contributed by atoms with Crippen molar-refractivity contribution in [3.8, 4) is 0 Å². The van der Waals surface area contributed by atoms with E-state index >= 15 is 0 Å². The van der Waals surface area contributed by atoms with Crippen LogP contribution in [0.15, 0.2) is 0 Å². The number of hydrogen-bond acceptors (Lipinski definition) is 4. The number of alkyl halides is 1. The first kappa shape index (κ1) is 9.41. The van der Waals surface area contributed by atoms with E-state index in [1.807, 2.05) is 0 Å². The summed E-state index contributed by atoms with van der Waals surface area (Å²) < 4.78 is 0. The molecule has 0 spiro atoms. The topological polar surface area (TPSA) is 80.9 Å². The van der Waals surface area contributed by atoms with Gasteiger partial charge in [-0.05, 0) is 0 Å². The van der Waals surface area contributed by atoms with Crippen LogP contribution in [0.4, 0.5) is 0 Å². The molecule has 1 aliphatic carbocycles. The summed E-state index contributed by atoms with van der Waals surface area (Å²) in [4.78, 5) is -0.555. The summed E-state index contributed by atoms with van der Waals surface area (Å²) in [6.07, 6.45) is -4.01. The maximum absolute atomic E-state index is 9.17. The molecule has 5 heteroatoms. The zero-order valence-corrected chi connectivity index (χ0v) is 7.35. The average Bonchev–Trinajstić information content (AvgIpc) is 1.97. The van der Waals surface area contributed by atoms with Crippen LogP contribution in [0.5, 0.6) is 0 Å². The van der Waals surface area contributed by atoms with Crippen LogP contribution in [0.2, 0.25) is 0 Å². The maximum Gasteiger partial charge on any atom is 0.107 e. The fraction of sp³-hybridized carbons (Fsp3) is 1.00. The van der Waals surface area contributed by atoms with E-state index < -0.39 is 29.2 Å². The average molecular weight is 227 g/mol. The van der Waals surface area contributed by atoms with Crippen LogP contribution in [0.25, 0.3) is 0 Å². The highest BCUT2D eigenvalue weighted by atomic mass is 79.9. The minimum atomic E-state index is -1.16. The number of hydrogen-bond donors (Lipinski definition) is 4.